The topological polar surface area (TPSA) is 57.3 Å². The van der Waals surface area contributed by atoms with Gasteiger partial charge in [0.25, 0.3) is 0 Å². The van der Waals surface area contributed by atoms with Gasteiger partial charge in [-0.05, 0) is 24.7 Å². The molecule has 7 heteroatoms. The van der Waals surface area contributed by atoms with E-state index in [0.717, 1.165) is 36.8 Å². The van der Waals surface area contributed by atoms with E-state index in [1.807, 2.05) is 24.3 Å². The number of rotatable bonds is 5. The molecule has 3 rings (SSSR count). The van der Waals surface area contributed by atoms with Gasteiger partial charge in [-0.15, -0.1) is 11.3 Å². The highest BCUT2D eigenvalue weighted by molar-refractivity contribution is 7.15. The minimum Gasteiger partial charge on any atom is -0.314 e. The van der Waals surface area contributed by atoms with Crippen LogP contribution in [0.4, 0.5) is 5.13 Å². The molecule has 1 unspecified atom stereocenters. The van der Waals surface area contributed by atoms with Crippen molar-refractivity contribution in [3.63, 3.8) is 0 Å². The largest absolute Gasteiger partial charge is 0.314 e. The van der Waals surface area contributed by atoms with Gasteiger partial charge in [-0.1, -0.05) is 44.5 Å². The maximum Gasteiger partial charge on any atom is 0.227 e. The molecule has 2 heterocycles. The first kappa shape index (κ1) is 21.2. The second-order valence-corrected chi connectivity index (χ2v) is 9.95. The number of carbonyl (C=O) groups is 1. The highest BCUT2D eigenvalue weighted by Crippen LogP contribution is 2.34. The third-order valence-electron chi connectivity index (χ3n) is 5.00. The van der Waals surface area contributed by atoms with Crippen LogP contribution in [-0.2, 0) is 16.6 Å². The van der Waals surface area contributed by atoms with Gasteiger partial charge in [-0.2, -0.15) is 0 Å². The van der Waals surface area contributed by atoms with Gasteiger partial charge >= 0.3 is 0 Å². The van der Waals surface area contributed by atoms with E-state index >= 15 is 0 Å². The predicted molar refractivity (Wildman–Crippen MR) is 118 cm³/mol. The average Bonchev–Trinajstić information content (AvgIpc) is 3.01. The number of anilines is 1. The van der Waals surface area contributed by atoms with Crippen molar-refractivity contribution < 1.29 is 4.79 Å². The summed E-state index contributed by atoms with van der Waals surface area (Å²) in [4.78, 5) is 20.8. The molecule has 2 N–H and O–H groups in total. The quantitative estimate of drug-likeness (QED) is 0.769. The number of hydrogen-bond donors (Lipinski definition) is 2. The van der Waals surface area contributed by atoms with Crippen molar-refractivity contribution in [3.05, 3.63) is 45.4 Å². The predicted octanol–water partition coefficient (Wildman–Crippen LogP) is 3.92. The minimum atomic E-state index is -0.0885. The van der Waals surface area contributed by atoms with Gasteiger partial charge in [0, 0.05) is 53.8 Å². The Balaban J connectivity index is 1.73. The van der Waals surface area contributed by atoms with E-state index in [9.17, 15) is 4.79 Å². The highest BCUT2D eigenvalue weighted by Gasteiger charge is 2.25. The molecule has 0 aliphatic carbocycles. The number of thiazole rings is 1. The van der Waals surface area contributed by atoms with Gasteiger partial charge < -0.3 is 15.5 Å². The zero-order chi connectivity index (χ0) is 20.3. The van der Waals surface area contributed by atoms with Crippen LogP contribution in [-0.4, -0.2) is 48.5 Å². The lowest BCUT2D eigenvalue weighted by Gasteiger charge is -2.32. The summed E-state index contributed by atoms with van der Waals surface area (Å²) >= 11 is 7.58. The fourth-order valence-corrected chi connectivity index (χ4v) is 4.72. The van der Waals surface area contributed by atoms with Crippen LogP contribution in [0.1, 0.15) is 43.3 Å². The fraction of sp³-hybridized carbons (Fsp3) is 0.524. The van der Waals surface area contributed by atoms with Crippen LogP contribution in [0.25, 0.3) is 0 Å². The Hall–Kier alpha value is -1.47. The molecule has 1 fully saturated rings. The molecule has 2 aromatic rings. The lowest BCUT2D eigenvalue weighted by Crippen LogP contribution is -2.50. The Bertz CT molecular complexity index is 813. The third-order valence-corrected chi connectivity index (χ3v) is 6.22. The standard InChI is InChI=1S/C21H29ClN4OS/c1-21(2,3)19-17(11-14-5-7-15(22)8-6-14)28-20(25-19)24-18(27)12-16-13-23-9-10-26(16)4/h5-8,16,23H,9-13H2,1-4H3,(H,24,25,27). The Morgan fingerprint density at radius 3 is 2.71 bits per heavy atom. The zero-order valence-corrected chi connectivity index (χ0v) is 18.6. The summed E-state index contributed by atoms with van der Waals surface area (Å²) in [6.07, 6.45) is 1.26. The monoisotopic (exact) mass is 420 g/mol. The summed E-state index contributed by atoms with van der Waals surface area (Å²) in [5.74, 6) is 0.0211. The van der Waals surface area contributed by atoms with Crippen LogP contribution in [0.5, 0.6) is 0 Å². The molecule has 0 saturated carbocycles. The molecule has 152 valence electrons. The molecule has 28 heavy (non-hydrogen) atoms. The maximum atomic E-state index is 12.6. The summed E-state index contributed by atoms with van der Waals surface area (Å²) in [5.41, 5.74) is 2.14. The van der Waals surface area contributed by atoms with E-state index in [2.05, 4.69) is 43.4 Å². The van der Waals surface area contributed by atoms with Gasteiger partial charge in [0.15, 0.2) is 5.13 Å². The Morgan fingerprint density at radius 1 is 1.36 bits per heavy atom. The van der Waals surface area contributed by atoms with Crippen molar-refractivity contribution in [1.29, 1.82) is 0 Å². The number of benzene rings is 1. The zero-order valence-electron chi connectivity index (χ0n) is 17.0. The lowest BCUT2D eigenvalue weighted by molar-refractivity contribution is -0.117. The Labute approximate surface area is 176 Å². The van der Waals surface area contributed by atoms with Crippen LogP contribution in [0.2, 0.25) is 5.02 Å². The van der Waals surface area contributed by atoms with E-state index in [1.165, 1.54) is 10.4 Å². The van der Waals surface area contributed by atoms with E-state index in [4.69, 9.17) is 16.6 Å². The van der Waals surface area contributed by atoms with E-state index in [0.29, 0.717) is 11.6 Å². The van der Waals surface area contributed by atoms with Gasteiger partial charge in [0.05, 0.1) is 5.69 Å². The first-order valence-corrected chi connectivity index (χ1v) is 10.9. The van der Waals surface area contributed by atoms with Crippen molar-refractivity contribution in [2.45, 2.75) is 45.1 Å². The Kier molecular flexibility index (Phi) is 6.76. The maximum absolute atomic E-state index is 12.6. The number of likely N-dealkylation sites (N-methyl/N-ethyl adjacent to an activating group) is 1. The third kappa shape index (κ3) is 5.54. The van der Waals surface area contributed by atoms with Gasteiger partial charge in [-0.25, -0.2) is 4.98 Å². The summed E-state index contributed by atoms with van der Waals surface area (Å²) in [5, 5.41) is 7.81. The summed E-state index contributed by atoms with van der Waals surface area (Å²) < 4.78 is 0. The molecular formula is C21H29ClN4OS. The van der Waals surface area contributed by atoms with E-state index in [1.54, 1.807) is 11.3 Å². The number of piperazine rings is 1. The fourth-order valence-electron chi connectivity index (χ4n) is 3.37. The van der Waals surface area contributed by atoms with Gasteiger partial charge in [0.2, 0.25) is 5.91 Å². The number of hydrogen-bond acceptors (Lipinski definition) is 5. The summed E-state index contributed by atoms with van der Waals surface area (Å²) in [7, 11) is 2.07. The van der Waals surface area contributed by atoms with Crippen LogP contribution in [0.3, 0.4) is 0 Å². The van der Waals surface area contributed by atoms with E-state index < -0.39 is 0 Å². The normalized spacial score (nSPS) is 18.2. The number of nitrogens with zero attached hydrogens (tertiary/aromatic N) is 2. The van der Waals surface area contributed by atoms with Crippen molar-refractivity contribution >= 4 is 34.0 Å². The molecule has 1 aliphatic rings. The first-order chi connectivity index (χ1) is 13.2. The Morgan fingerprint density at radius 2 is 2.07 bits per heavy atom. The van der Waals surface area contributed by atoms with Crippen molar-refractivity contribution in [1.82, 2.24) is 15.2 Å². The van der Waals surface area contributed by atoms with Crippen LogP contribution in [0, 0.1) is 0 Å². The highest BCUT2D eigenvalue weighted by atomic mass is 35.5. The molecule has 1 aliphatic heterocycles. The molecule has 1 aromatic heterocycles. The SMILES string of the molecule is CN1CCNCC1CC(=O)Nc1nc(C(C)(C)C)c(Cc2ccc(Cl)cc2)s1. The number of aromatic nitrogens is 1. The molecule has 1 atom stereocenters. The van der Waals surface area contributed by atoms with Crippen molar-refractivity contribution in [2.24, 2.45) is 0 Å². The van der Waals surface area contributed by atoms with Crippen LogP contribution < -0.4 is 10.6 Å². The molecule has 1 aromatic carbocycles. The summed E-state index contributed by atoms with van der Waals surface area (Å²) in [6, 6.07) is 8.12. The second kappa shape index (κ2) is 8.91. The smallest absolute Gasteiger partial charge is 0.227 e. The molecule has 0 spiro atoms. The molecule has 0 bridgehead atoms. The van der Waals surface area contributed by atoms with Crippen LogP contribution >= 0.6 is 22.9 Å². The minimum absolute atomic E-state index is 0.0211. The van der Waals surface area contributed by atoms with E-state index in [-0.39, 0.29) is 17.4 Å². The molecular weight excluding hydrogens is 392 g/mol. The number of amides is 1. The molecule has 1 saturated heterocycles. The number of carbonyl (C=O) groups excluding carboxylic acids is 1. The number of nitrogens with one attached hydrogen (secondary N) is 2. The van der Waals surface area contributed by atoms with Gasteiger partial charge in [-0.3, -0.25) is 4.79 Å². The van der Waals surface area contributed by atoms with Gasteiger partial charge in [0.1, 0.15) is 0 Å². The van der Waals surface area contributed by atoms with Crippen LogP contribution in [0.15, 0.2) is 24.3 Å². The lowest BCUT2D eigenvalue weighted by atomic mass is 9.90. The van der Waals surface area contributed by atoms with Crippen molar-refractivity contribution in [3.8, 4) is 0 Å². The number of halogens is 1. The first-order valence-electron chi connectivity index (χ1n) is 9.68. The molecule has 1 amide bonds. The molecule has 5 nitrogen and oxygen atoms in total. The average molecular weight is 421 g/mol. The second-order valence-electron chi connectivity index (χ2n) is 8.43. The molecule has 0 radical (unpaired) electrons. The van der Waals surface area contributed by atoms with Crippen molar-refractivity contribution in [2.75, 3.05) is 32.0 Å². The summed E-state index contributed by atoms with van der Waals surface area (Å²) in [6.45, 7) is 9.25.